The van der Waals surface area contributed by atoms with Gasteiger partial charge in [-0.25, -0.2) is 37.9 Å². The molecule has 3 saturated carbocycles. The van der Waals surface area contributed by atoms with Crippen molar-refractivity contribution in [1.29, 1.82) is 0 Å². The van der Waals surface area contributed by atoms with Crippen LogP contribution >= 0.6 is 0 Å². The largest absolute Gasteiger partial charge is 0.481 e. The molecule has 6 saturated heterocycles. The number of amides is 2. The van der Waals surface area contributed by atoms with Crippen LogP contribution in [0.4, 0.5) is 23.8 Å². The van der Waals surface area contributed by atoms with Crippen LogP contribution in [0.2, 0.25) is 0 Å². The number of ether oxygens (including phenoxy) is 8. The summed E-state index contributed by atoms with van der Waals surface area (Å²) >= 11 is 0. The van der Waals surface area contributed by atoms with Gasteiger partial charge in [0.25, 0.3) is 5.91 Å². The summed E-state index contributed by atoms with van der Waals surface area (Å²) in [5.74, 6) is -0.982. The Kier molecular flexibility index (Phi) is 19.9. The van der Waals surface area contributed by atoms with E-state index in [9.17, 15) is 33.7 Å². The maximum absolute atomic E-state index is 15.1. The fourth-order valence-electron chi connectivity index (χ4n) is 15.2. The van der Waals surface area contributed by atoms with Gasteiger partial charge in [0.15, 0.2) is 18.2 Å². The van der Waals surface area contributed by atoms with Gasteiger partial charge in [0, 0.05) is 70.3 Å². The van der Waals surface area contributed by atoms with E-state index in [1.807, 2.05) is 32.9 Å². The Morgan fingerprint density at radius 2 is 1.00 bits per heavy atom. The molecule has 520 valence electrons. The first-order valence-corrected chi connectivity index (χ1v) is 33.2. The van der Waals surface area contributed by atoms with Crippen LogP contribution in [-0.4, -0.2) is 169 Å². The number of carbonyl (C=O) groups excluding carboxylic acids is 2. The highest BCUT2D eigenvalue weighted by atomic mass is 19.1. The third kappa shape index (κ3) is 14.8. The lowest BCUT2D eigenvalue weighted by molar-refractivity contribution is -0.169. The molecular weight excluding hydrogens is 1260 g/mol. The number of fused-ring (bicyclic) bond motifs is 13. The number of aliphatic hydroxyl groups excluding tert-OH is 3. The van der Waals surface area contributed by atoms with Crippen LogP contribution in [0.1, 0.15) is 157 Å². The van der Waals surface area contributed by atoms with E-state index >= 15 is 4.39 Å². The molecule has 14 heterocycles. The maximum atomic E-state index is 15.1. The Morgan fingerprint density at radius 1 is 0.588 bits per heavy atom. The van der Waals surface area contributed by atoms with Crippen LogP contribution in [0, 0.1) is 17.5 Å². The van der Waals surface area contributed by atoms with Gasteiger partial charge < -0.3 is 74.9 Å². The third-order valence-electron chi connectivity index (χ3n) is 20.7. The Balaban J connectivity index is 0.000000141. The molecule has 0 spiro atoms. The topological polar surface area (TPSA) is 321 Å². The summed E-state index contributed by atoms with van der Waals surface area (Å²) in [4.78, 5) is 54.1. The Bertz CT molecular complexity index is 3980. The normalized spacial score (nSPS) is 26.3. The van der Waals surface area contributed by atoms with Gasteiger partial charge >= 0.3 is 6.09 Å². The lowest BCUT2D eigenvalue weighted by Crippen LogP contribution is -2.63. The Morgan fingerprint density at radius 3 is 1.37 bits per heavy atom. The highest BCUT2D eigenvalue weighted by Crippen LogP contribution is 2.52. The molecule has 27 heteroatoms. The number of nitrogens with one attached hydrogen (secondary N) is 3. The molecule has 9 fully saturated rings. The molecule has 10 aliphatic rings. The van der Waals surface area contributed by atoms with Crippen molar-refractivity contribution in [3.05, 3.63) is 107 Å². The average molecular weight is 1350 g/mol. The van der Waals surface area contributed by atoms with Crippen LogP contribution in [0.15, 0.2) is 67.1 Å². The van der Waals surface area contributed by atoms with E-state index in [1.165, 1.54) is 39.9 Å². The number of nitrogens with zero attached hydrogens (tertiary/aromatic N) is 7. The fraction of sp³-hybridized carbons (Fsp3) is 0.557. The number of rotatable bonds is 19. The second-order valence-electron chi connectivity index (χ2n) is 28.3. The van der Waals surface area contributed by atoms with E-state index in [1.54, 1.807) is 36.4 Å². The second-order valence-corrected chi connectivity index (χ2v) is 28.3. The average Bonchev–Trinajstić information content (AvgIpc) is 0.770. The van der Waals surface area contributed by atoms with Gasteiger partial charge in [-0.05, 0) is 147 Å². The Labute approximate surface area is 559 Å². The molecule has 97 heavy (non-hydrogen) atoms. The number of alkyl carbamates (subject to hydrolysis) is 1. The number of hydrogen-bond acceptors (Lipinski definition) is 22. The molecule has 3 atom stereocenters. The molecule has 2 amide bonds. The van der Waals surface area contributed by atoms with Crippen molar-refractivity contribution in [3.8, 4) is 23.4 Å². The molecular formula is C70H86F3N11O13. The standard InChI is InChI=1S/C27H30FN5O5.C24H32FN3O5.C19H24FN3O3/c1-36-22-5-3-19-24(33-22)23(18(28)12-29-19)16(13-34)10-27-8-6-26(7-9-27,15-38-27)30-11-17-2-4-20-25(31-17)32-21(35)14-37-20;1-22(2,3)33-21(30)28-23-7-9-24(10-8-23,32-14-23)11-15(13-29)19-16(25)12-26-17-5-6-18(31-4)27-20(17)19;1-25-15-3-2-14-17(23-15)16(13(20)9-22-14)12(10-24)8-19-6-4-18(21,5-7-19)11-26-19/h2-5,12,16,30,34H,6-11,13-15H2,1H3,(H,31,32,35);5-6,12,15,29H,7-11,13-14H2,1-4H3,(H,28,30);2-3,9,12,24H,4-8,10-11,21H2,1H3. The van der Waals surface area contributed by atoms with Gasteiger partial charge in [0.2, 0.25) is 17.6 Å². The number of halogens is 3. The zero-order chi connectivity index (χ0) is 68.5. The number of hydrogen-bond donors (Lipinski definition) is 7. The molecule has 7 aliphatic heterocycles. The number of methoxy groups -OCH3 is 3. The number of anilines is 1. The van der Waals surface area contributed by atoms with Gasteiger partial charge in [0.05, 0.1) is 141 Å². The molecule has 8 N–H and O–H groups in total. The lowest BCUT2D eigenvalue weighted by Gasteiger charge is -2.54. The van der Waals surface area contributed by atoms with Crippen molar-refractivity contribution >= 4 is 50.9 Å². The first kappa shape index (κ1) is 69.2. The van der Waals surface area contributed by atoms with E-state index < -0.39 is 63.6 Å². The lowest BCUT2D eigenvalue weighted by atomic mass is 9.67. The van der Waals surface area contributed by atoms with Gasteiger partial charge in [-0.1, -0.05) is 0 Å². The zero-order valence-corrected chi connectivity index (χ0v) is 55.6. The van der Waals surface area contributed by atoms with Gasteiger partial charge in [-0.15, -0.1) is 0 Å². The van der Waals surface area contributed by atoms with Crippen molar-refractivity contribution in [3.63, 3.8) is 0 Å². The van der Waals surface area contributed by atoms with Crippen molar-refractivity contribution < 1.29 is 76.0 Å². The molecule has 6 bridgehead atoms. The predicted octanol–water partition coefficient (Wildman–Crippen LogP) is 8.98. The maximum Gasteiger partial charge on any atom is 0.408 e. The third-order valence-corrected chi connectivity index (χ3v) is 20.7. The first-order valence-electron chi connectivity index (χ1n) is 33.2. The van der Waals surface area contributed by atoms with E-state index in [2.05, 4.69) is 50.8 Å². The summed E-state index contributed by atoms with van der Waals surface area (Å²) in [6.45, 7) is 6.75. The summed E-state index contributed by atoms with van der Waals surface area (Å²) < 4.78 is 90.1. The molecule has 0 aromatic carbocycles. The number of carbonyl (C=O) groups is 2. The molecule has 3 unspecified atom stereocenters. The SMILES string of the molecule is COc1ccc2ncc(F)c(C(CO)CC34CCC(N)(CC3)CO4)c2n1.COc1ccc2ncc(F)c(C(CO)CC34CCC(NC(=O)OC(C)(C)C)(CC3)CO4)c2n1.COc1ccc2ncc(F)c(C(CO)CC34CCC(NCc5ccc6c(n5)NC(=O)CO6)(CC3)CO4)c2n1. The van der Waals surface area contributed by atoms with Crippen LogP contribution < -0.4 is 40.6 Å². The highest BCUT2D eigenvalue weighted by molar-refractivity contribution is 5.94. The highest BCUT2D eigenvalue weighted by Gasteiger charge is 2.54. The molecule has 7 aromatic heterocycles. The number of aliphatic hydroxyl groups is 3. The summed E-state index contributed by atoms with van der Waals surface area (Å²) in [6, 6.07) is 14.0. The minimum atomic E-state index is -0.572. The van der Waals surface area contributed by atoms with Gasteiger partial charge in [-0.2, -0.15) is 0 Å². The van der Waals surface area contributed by atoms with E-state index in [0.717, 1.165) is 69.9 Å². The van der Waals surface area contributed by atoms with Crippen molar-refractivity contribution in [2.75, 3.05) is 72.9 Å². The molecule has 0 radical (unpaired) electrons. The van der Waals surface area contributed by atoms with Crippen molar-refractivity contribution in [2.45, 2.75) is 180 Å². The van der Waals surface area contributed by atoms with Crippen molar-refractivity contribution in [2.24, 2.45) is 5.73 Å². The minimum absolute atomic E-state index is 0.000343. The zero-order valence-electron chi connectivity index (χ0n) is 55.6. The minimum Gasteiger partial charge on any atom is -0.481 e. The quantitative estimate of drug-likeness (QED) is 0.0397. The van der Waals surface area contributed by atoms with Gasteiger partial charge in [-0.3, -0.25) is 19.7 Å². The molecule has 24 nitrogen and oxygen atoms in total. The fourth-order valence-corrected chi connectivity index (χ4v) is 15.2. The van der Waals surface area contributed by atoms with Gasteiger partial charge in [0.1, 0.15) is 23.1 Å². The summed E-state index contributed by atoms with van der Waals surface area (Å²) in [5.41, 5.74) is 8.32. The van der Waals surface area contributed by atoms with Crippen LogP contribution in [-0.2, 0) is 30.3 Å². The summed E-state index contributed by atoms with van der Waals surface area (Å²) in [7, 11) is 4.52. The number of nitrogens with two attached hydrogens (primary N) is 1. The predicted molar refractivity (Wildman–Crippen MR) is 350 cm³/mol. The number of pyridine rings is 7. The Hall–Kier alpha value is -7.76. The van der Waals surface area contributed by atoms with Crippen LogP contribution in [0.25, 0.3) is 33.1 Å². The molecule has 7 aromatic rings. The van der Waals surface area contributed by atoms with Crippen LogP contribution in [0.5, 0.6) is 23.4 Å². The monoisotopic (exact) mass is 1350 g/mol. The van der Waals surface area contributed by atoms with E-state index in [4.69, 9.17) is 43.6 Å². The smallest absolute Gasteiger partial charge is 0.408 e. The molecule has 17 rings (SSSR count). The van der Waals surface area contributed by atoms with Crippen molar-refractivity contribution in [1.82, 2.24) is 45.5 Å². The number of aromatic nitrogens is 7. The van der Waals surface area contributed by atoms with Crippen LogP contribution in [0.3, 0.4) is 0 Å². The first-order chi connectivity index (χ1) is 46.5. The van der Waals surface area contributed by atoms with E-state index in [0.29, 0.717) is 137 Å². The summed E-state index contributed by atoms with van der Waals surface area (Å²) in [5, 5.41) is 40.1. The second kappa shape index (κ2) is 27.9. The summed E-state index contributed by atoms with van der Waals surface area (Å²) in [6.07, 6.45) is 14.3. The van der Waals surface area contributed by atoms with E-state index in [-0.39, 0.29) is 49.0 Å². The molecule has 3 aliphatic carbocycles.